The molecule has 122 valence electrons. The molecule has 0 atom stereocenters. The fourth-order valence-corrected chi connectivity index (χ4v) is 2.85. The Morgan fingerprint density at radius 1 is 0.800 bits per heavy atom. The fourth-order valence-electron chi connectivity index (χ4n) is 2.85. The summed E-state index contributed by atoms with van der Waals surface area (Å²) in [6, 6.07) is 26.9. The predicted octanol–water partition coefficient (Wildman–Crippen LogP) is 5.07. The van der Waals surface area contributed by atoms with Gasteiger partial charge in [-0.2, -0.15) is 0 Å². The lowest BCUT2D eigenvalue weighted by Crippen LogP contribution is -2.04. The molecule has 3 aromatic carbocycles. The van der Waals surface area contributed by atoms with Crippen molar-refractivity contribution in [3.05, 3.63) is 101 Å². The summed E-state index contributed by atoms with van der Waals surface area (Å²) in [6.07, 6.45) is 0. The summed E-state index contributed by atoms with van der Waals surface area (Å²) >= 11 is 0. The van der Waals surface area contributed by atoms with Crippen LogP contribution in [0.15, 0.2) is 94.1 Å². The summed E-state index contributed by atoms with van der Waals surface area (Å²) in [5.41, 5.74) is 3.42. The summed E-state index contributed by atoms with van der Waals surface area (Å²) in [5.74, 6) is 0.576. The standard InChI is InChI=1S/C22H17NO2/c24-20-14-21(17-10-5-2-6-11-17)25-22-18(20)12-7-13-19(22)23-15-16-8-3-1-4-9-16/h1-14,23H,15H2. The molecule has 4 aromatic rings. The molecule has 0 bridgehead atoms. The van der Waals surface area contributed by atoms with Gasteiger partial charge in [0.25, 0.3) is 0 Å². The summed E-state index contributed by atoms with van der Waals surface area (Å²) in [4.78, 5) is 12.5. The number of hydrogen-bond donors (Lipinski definition) is 1. The van der Waals surface area contributed by atoms with E-state index in [1.807, 2.05) is 60.7 Å². The van der Waals surface area contributed by atoms with Gasteiger partial charge < -0.3 is 9.73 Å². The minimum Gasteiger partial charge on any atom is -0.454 e. The van der Waals surface area contributed by atoms with E-state index in [-0.39, 0.29) is 5.43 Å². The molecule has 1 heterocycles. The number of benzene rings is 3. The Bertz CT molecular complexity index is 1050. The van der Waals surface area contributed by atoms with Gasteiger partial charge in [-0.25, -0.2) is 0 Å². The first-order chi connectivity index (χ1) is 12.3. The molecular formula is C22H17NO2. The van der Waals surface area contributed by atoms with Gasteiger partial charge >= 0.3 is 0 Å². The molecule has 3 nitrogen and oxygen atoms in total. The van der Waals surface area contributed by atoms with E-state index in [2.05, 4.69) is 17.4 Å². The SMILES string of the molecule is O=c1cc(-c2ccccc2)oc2c(NCc3ccccc3)cccc12. The van der Waals surface area contributed by atoms with Crippen LogP contribution >= 0.6 is 0 Å². The first kappa shape index (κ1) is 15.2. The van der Waals surface area contributed by atoms with Gasteiger partial charge in [-0.1, -0.05) is 66.7 Å². The van der Waals surface area contributed by atoms with E-state index in [1.54, 1.807) is 12.1 Å². The third-order valence-corrected chi connectivity index (χ3v) is 4.14. The molecule has 3 heteroatoms. The van der Waals surface area contributed by atoms with Crippen LogP contribution in [0, 0.1) is 0 Å². The largest absolute Gasteiger partial charge is 0.454 e. The van der Waals surface area contributed by atoms with Crippen LogP contribution in [0.25, 0.3) is 22.3 Å². The van der Waals surface area contributed by atoms with E-state index in [1.165, 1.54) is 5.56 Å². The zero-order chi connectivity index (χ0) is 17.1. The summed E-state index contributed by atoms with van der Waals surface area (Å²) in [5, 5.41) is 3.96. The highest BCUT2D eigenvalue weighted by molar-refractivity contribution is 5.89. The van der Waals surface area contributed by atoms with E-state index >= 15 is 0 Å². The van der Waals surface area contributed by atoms with Crippen molar-refractivity contribution in [1.82, 2.24) is 0 Å². The molecule has 25 heavy (non-hydrogen) atoms. The Morgan fingerprint density at radius 3 is 2.28 bits per heavy atom. The Kier molecular flexibility index (Phi) is 4.05. The monoisotopic (exact) mass is 327 g/mol. The number of anilines is 1. The van der Waals surface area contributed by atoms with Crippen LogP contribution in [0.3, 0.4) is 0 Å². The zero-order valence-corrected chi connectivity index (χ0v) is 13.6. The molecule has 0 aliphatic heterocycles. The van der Waals surface area contributed by atoms with Crippen LogP contribution in [0.4, 0.5) is 5.69 Å². The van der Waals surface area contributed by atoms with Gasteiger partial charge in [-0.3, -0.25) is 4.79 Å². The van der Waals surface area contributed by atoms with E-state index in [4.69, 9.17) is 4.42 Å². The van der Waals surface area contributed by atoms with Crippen LogP contribution < -0.4 is 10.7 Å². The quantitative estimate of drug-likeness (QED) is 0.569. The van der Waals surface area contributed by atoms with Gasteiger partial charge in [0.2, 0.25) is 0 Å². The van der Waals surface area contributed by atoms with Crippen molar-refractivity contribution in [2.24, 2.45) is 0 Å². The molecule has 0 aliphatic carbocycles. The number of nitrogens with one attached hydrogen (secondary N) is 1. The molecule has 0 aliphatic rings. The first-order valence-corrected chi connectivity index (χ1v) is 8.21. The Hall–Kier alpha value is -3.33. The van der Waals surface area contributed by atoms with Crippen LogP contribution in [0.5, 0.6) is 0 Å². The van der Waals surface area contributed by atoms with Crippen molar-refractivity contribution in [3.8, 4) is 11.3 Å². The van der Waals surface area contributed by atoms with Gasteiger partial charge in [-0.15, -0.1) is 0 Å². The minimum atomic E-state index is -0.0385. The van der Waals surface area contributed by atoms with Crippen molar-refractivity contribution in [2.75, 3.05) is 5.32 Å². The number of rotatable bonds is 4. The summed E-state index contributed by atoms with van der Waals surface area (Å²) in [6.45, 7) is 0.666. The molecule has 0 fully saturated rings. The first-order valence-electron chi connectivity index (χ1n) is 8.21. The van der Waals surface area contributed by atoms with Gasteiger partial charge in [0.15, 0.2) is 11.0 Å². The highest BCUT2D eigenvalue weighted by atomic mass is 16.3. The van der Waals surface area contributed by atoms with Crippen molar-refractivity contribution in [3.63, 3.8) is 0 Å². The highest BCUT2D eigenvalue weighted by Gasteiger charge is 2.10. The van der Waals surface area contributed by atoms with Gasteiger partial charge in [-0.05, 0) is 17.7 Å². The Balaban J connectivity index is 1.77. The summed E-state index contributed by atoms with van der Waals surface area (Å²) < 4.78 is 6.09. The summed E-state index contributed by atoms with van der Waals surface area (Å²) in [7, 11) is 0. The molecule has 0 saturated heterocycles. The second-order valence-corrected chi connectivity index (χ2v) is 5.86. The van der Waals surface area contributed by atoms with Gasteiger partial charge in [0.1, 0.15) is 5.76 Å². The van der Waals surface area contributed by atoms with Crippen molar-refractivity contribution in [1.29, 1.82) is 0 Å². The van der Waals surface area contributed by atoms with Gasteiger partial charge in [0.05, 0.1) is 11.1 Å². The molecule has 1 N–H and O–H groups in total. The highest BCUT2D eigenvalue weighted by Crippen LogP contribution is 2.27. The van der Waals surface area contributed by atoms with Crippen LogP contribution in [-0.4, -0.2) is 0 Å². The normalized spacial score (nSPS) is 10.7. The molecule has 1 aromatic heterocycles. The van der Waals surface area contributed by atoms with Crippen molar-refractivity contribution >= 4 is 16.7 Å². The van der Waals surface area contributed by atoms with Gasteiger partial charge in [0, 0.05) is 18.2 Å². The maximum absolute atomic E-state index is 12.5. The maximum atomic E-state index is 12.5. The van der Waals surface area contributed by atoms with E-state index < -0.39 is 0 Å². The lowest BCUT2D eigenvalue weighted by molar-refractivity contribution is 0.619. The van der Waals surface area contributed by atoms with Crippen molar-refractivity contribution in [2.45, 2.75) is 6.54 Å². The molecule has 4 rings (SSSR count). The third-order valence-electron chi connectivity index (χ3n) is 4.14. The molecular weight excluding hydrogens is 310 g/mol. The average molecular weight is 327 g/mol. The van der Waals surface area contributed by atoms with E-state index in [0.717, 1.165) is 11.3 Å². The Labute approximate surface area is 145 Å². The molecule has 0 radical (unpaired) electrons. The van der Waals surface area contributed by atoms with Crippen LogP contribution in [-0.2, 0) is 6.54 Å². The number of hydrogen-bond acceptors (Lipinski definition) is 3. The van der Waals surface area contributed by atoms with Crippen LogP contribution in [0.2, 0.25) is 0 Å². The lowest BCUT2D eigenvalue weighted by Gasteiger charge is -2.10. The number of fused-ring (bicyclic) bond motifs is 1. The van der Waals surface area contributed by atoms with E-state index in [9.17, 15) is 4.79 Å². The lowest BCUT2D eigenvalue weighted by atomic mass is 10.1. The molecule has 0 saturated carbocycles. The average Bonchev–Trinajstić information content (AvgIpc) is 2.68. The second-order valence-electron chi connectivity index (χ2n) is 5.86. The minimum absolute atomic E-state index is 0.0385. The second kappa shape index (κ2) is 6.65. The smallest absolute Gasteiger partial charge is 0.193 e. The predicted molar refractivity (Wildman–Crippen MR) is 102 cm³/mol. The van der Waals surface area contributed by atoms with E-state index in [0.29, 0.717) is 23.3 Å². The zero-order valence-electron chi connectivity index (χ0n) is 13.6. The molecule has 0 spiro atoms. The molecule has 0 unspecified atom stereocenters. The number of para-hydroxylation sites is 1. The molecule has 0 amide bonds. The van der Waals surface area contributed by atoms with Crippen LogP contribution in [0.1, 0.15) is 5.56 Å². The topological polar surface area (TPSA) is 42.2 Å². The Morgan fingerprint density at radius 2 is 1.52 bits per heavy atom. The third kappa shape index (κ3) is 3.17. The van der Waals surface area contributed by atoms with Crippen molar-refractivity contribution < 1.29 is 4.42 Å². The maximum Gasteiger partial charge on any atom is 0.193 e. The fraction of sp³-hybridized carbons (Fsp3) is 0.0455.